The maximum atomic E-state index is 11.9. The van der Waals surface area contributed by atoms with E-state index in [0.717, 1.165) is 64.2 Å². The fourth-order valence-electron chi connectivity index (χ4n) is 4.06. The van der Waals surface area contributed by atoms with Crippen LogP contribution in [-0.4, -0.2) is 47.6 Å². The second-order valence-electron chi connectivity index (χ2n) is 10.7. The minimum absolute atomic E-state index is 0.141. The molecule has 0 heterocycles. The smallest absolute Gasteiger partial charge is 0.305 e. The number of allylic oxidation sites excluding steroid dienone is 8. The first-order chi connectivity index (χ1) is 20.0. The van der Waals surface area contributed by atoms with Crippen LogP contribution in [0.1, 0.15) is 136 Å². The van der Waals surface area contributed by atoms with Crippen LogP contribution >= 0.6 is 0 Å². The standard InChI is InChI=1S/C35H60O6/c1-3-5-6-7-8-15-19-22-25-28-34(38)40-30-33(37)31-41-35(39)29-26-23-20-17-14-12-10-9-11-13-16-18-21-24-27-32(36)4-2/h10-13,17-18,20-21,32-33,36-37H,3-9,14-16,19,22-31H2,1-2H3/b12-10-,13-11-,20-17-,21-18-/t32-,33+/m0/s1. The van der Waals surface area contributed by atoms with E-state index in [1.54, 1.807) is 0 Å². The van der Waals surface area contributed by atoms with Crippen LogP contribution in [0.2, 0.25) is 0 Å². The van der Waals surface area contributed by atoms with E-state index in [2.05, 4.69) is 55.5 Å². The number of aliphatic hydroxyl groups excluding tert-OH is 2. The van der Waals surface area contributed by atoms with Crippen molar-refractivity contribution in [2.24, 2.45) is 0 Å². The molecule has 0 amide bonds. The fourth-order valence-corrected chi connectivity index (χ4v) is 4.06. The highest BCUT2D eigenvalue weighted by Crippen LogP contribution is 2.11. The molecule has 0 saturated heterocycles. The highest BCUT2D eigenvalue weighted by Gasteiger charge is 2.11. The Bertz CT molecular complexity index is 724. The van der Waals surface area contributed by atoms with Gasteiger partial charge in [-0.3, -0.25) is 9.59 Å². The van der Waals surface area contributed by atoms with Gasteiger partial charge >= 0.3 is 11.9 Å². The summed E-state index contributed by atoms with van der Waals surface area (Å²) in [5, 5.41) is 19.4. The molecule has 0 aromatic rings. The Hall–Kier alpha value is -2.18. The van der Waals surface area contributed by atoms with Gasteiger partial charge < -0.3 is 19.7 Å². The molecule has 0 unspecified atom stereocenters. The monoisotopic (exact) mass is 576 g/mol. The number of rotatable bonds is 28. The van der Waals surface area contributed by atoms with E-state index in [0.29, 0.717) is 19.3 Å². The van der Waals surface area contributed by atoms with Crippen molar-refractivity contribution in [2.45, 2.75) is 148 Å². The third kappa shape index (κ3) is 30.6. The van der Waals surface area contributed by atoms with Crippen molar-refractivity contribution < 1.29 is 29.3 Å². The van der Waals surface area contributed by atoms with E-state index >= 15 is 0 Å². The van der Waals surface area contributed by atoms with Gasteiger partial charge in [-0.15, -0.1) is 0 Å². The largest absolute Gasteiger partial charge is 0.463 e. The summed E-state index contributed by atoms with van der Waals surface area (Å²) in [6, 6.07) is 0. The summed E-state index contributed by atoms with van der Waals surface area (Å²) in [6.07, 6.45) is 33.9. The summed E-state index contributed by atoms with van der Waals surface area (Å²) in [6.45, 7) is 3.92. The Morgan fingerprint density at radius 3 is 1.51 bits per heavy atom. The van der Waals surface area contributed by atoms with Crippen molar-refractivity contribution >= 4 is 11.9 Å². The van der Waals surface area contributed by atoms with Gasteiger partial charge in [0.05, 0.1) is 6.10 Å². The lowest BCUT2D eigenvalue weighted by Crippen LogP contribution is -2.25. The summed E-state index contributed by atoms with van der Waals surface area (Å²) >= 11 is 0. The van der Waals surface area contributed by atoms with Crippen molar-refractivity contribution in [1.29, 1.82) is 0 Å². The molecular weight excluding hydrogens is 516 g/mol. The van der Waals surface area contributed by atoms with Crippen molar-refractivity contribution in [2.75, 3.05) is 13.2 Å². The van der Waals surface area contributed by atoms with Crippen molar-refractivity contribution in [3.63, 3.8) is 0 Å². The first-order valence-corrected chi connectivity index (χ1v) is 16.3. The second kappa shape index (κ2) is 30.8. The average molecular weight is 577 g/mol. The molecule has 6 nitrogen and oxygen atoms in total. The molecule has 0 aromatic carbocycles. The summed E-state index contributed by atoms with van der Waals surface area (Å²) < 4.78 is 10.2. The van der Waals surface area contributed by atoms with E-state index in [4.69, 9.17) is 9.47 Å². The number of ether oxygens (including phenoxy) is 2. The van der Waals surface area contributed by atoms with Gasteiger partial charge in [0.2, 0.25) is 0 Å². The van der Waals surface area contributed by atoms with E-state index in [1.165, 1.54) is 38.5 Å². The van der Waals surface area contributed by atoms with Gasteiger partial charge in [-0.25, -0.2) is 0 Å². The molecule has 0 saturated carbocycles. The molecule has 41 heavy (non-hydrogen) atoms. The maximum absolute atomic E-state index is 11.9. The topological polar surface area (TPSA) is 93.1 Å². The Morgan fingerprint density at radius 1 is 0.561 bits per heavy atom. The van der Waals surface area contributed by atoms with Crippen LogP contribution in [0.3, 0.4) is 0 Å². The van der Waals surface area contributed by atoms with Crippen molar-refractivity contribution in [3.05, 3.63) is 48.6 Å². The molecule has 236 valence electrons. The molecule has 0 aromatic heterocycles. The number of hydrogen-bond donors (Lipinski definition) is 2. The van der Waals surface area contributed by atoms with Gasteiger partial charge in [-0.2, -0.15) is 0 Å². The van der Waals surface area contributed by atoms with Crippen LogP contribution in [-0.2, 0) is 19.1 Å². The van der Waals surface area contributed by atoms with Crippen LogP contribution < -0.4 is 0 Å². The number of unbranched alkanes of at least 4 members (excludes halogenated alkanes) is 9. The first kappa shape index (κ1) is 38.8. The van der Waals surface area contributed by atoms with E-state index in [1.807, 2.05) is 6.92 Å². The second-order valence-corrected chi connectivity index (χ2v) is 10.7. The molecule has 2 atom stereocenters. The summed E-state index contributed by atoms with van der Waals surface area (Å²) in [7, 11) is 0. The van der Waals surface area contributed by atoms with E-state index in [-0.39, 0.29) is 31.3 Å². The first-order valence-electron chi connectivity index (χ1n) is 16.3. The highest BCUT2D eigenvalue weighted by molar-refractivity contribution is 5.69. The van der Waals surface area contributed by atoms with Gasteiger partial charge in [0.25, 0.3) is 0 Å². The highest BCUT2D eigenvalue weighted by atomic mass is 16.6. The number of aliphatic hydroxyl groups is 2. The molecule has 0 bridgehead atoms. The molecule has 0 aliphatic heterocycles. The minimum atomic E-state index is -0.991. The molecule has 0 spiro atoms. The van der Waals surface area contributed by atoms with Gasteiger partial charge in [0.1, 0.15) is 19.3 Å². The van der Waals surface area contributed by atoms with Crippen LogP contribution in [0, 0.1) is 0 Å². The maximum Gasteiger partial charge on any atom is 0.305 e. The van der Waals surface area contributed by atoms with Crippen LogP contribution in [0.15, 0.2) is 48.6 Å². The van der Waals surface area contributed by atoms with Crippen molar-refractivity contribution in [3.8, 4) is 0 Å². The molecular formula is C35H60O6. The number of hydrogen-bond acceptors (Lipinski definition) is 6. The Kier molecular flexibility index (Phi) is 29.1. The lowest BCUT2D eigenvalue weighted by atomic mass is 10.1. The number of carbonyl (C=O) groups is 2. The zero-order chi connectivity index (χ0) is 30.2. The van der Waals surface area contributed by atoms with Gasteiger partial charge in [0, 0.05) is 12.8 Å². The van der Waals surface area contributed by atoms with Crippen molar-refractivity contribution in [1.82, 2.24) is 0 Å². The molecule has 2 N–H and O–H groups in total. The Labute approximate surface area is 251 Å². The summed E-state index contributed by atoms with van der Waals surface area (Å²) in [5.41, 5.74) is 0. The number of esters is 2. The summed E-state index contributed by atoms with van der Waals surface area (Å²) in [4.78, 5) is 23.7. The Balaban J connectivity index is 3.61. The van der Waals surface area contributed by atoms with E-state index < -0.39 is 6.10 Å². The zero-order valence-corrected chi connectivity index (χ0v) is 26.2. The minimum Gasteiger partial charge on any atom is -0.463 e. The molecule has 0 aliphatic carbocycles. The number of carbonyl (C=O) groups excluding carboxylic acids is 2. The zero-order valence-electron chi connectivity index (χ0n) is 26.2. The molecule has 0 radical (unpaired) electrons. The van der Waals surface area contributed by atoms with Crippen LogP contribution in [0.4, 0.5) is 0 Å². The van der Waals surface area contributed by atoms with Gasteiger partial charge in [-0.1, -0.05) is 114 Å². The average Bonchev–Trinajstić information content (AvgIpc) is 2.97. The summed E-state index contributed by atoms with van der Waals surface area (Å²) in [5.74, 6) is -0.654. The molecule has 0 rings (SSSR count). The lowest BCUT2D eigenvalue weighted by molar-refractivity contribution is -0.152. The van der Waals surface area contributed by atoms with Gasteiger partial charge in [0.15, 0.2) is 0 Å². The molecule has 0 aliphatic rings. The van der Waals surface area contributed by atoms with Crippen LogP contribution in [0.25, 0.3) is 0 Å². The van der Waals surface area contributed by atoms with E-state index in [9.17, 15) is 19.8 Å². The SMILES string of the molecule is CCCCCCCCCCCC(=O)OC[C@@H](O)COC(=O)CCC/C=C\C/C=C\C/C=C\C/C=C\CC[C@@H](O)CC. The lowest BCUT2D eigenvalue weighted by Gasteiger charge is -2.12. The Morgan fingerprint density at radius 2 is 1.00 bits per heavy atom. The molecule has 6 heteroatoms. The third-order valence-corrected chi connectivity index (χ3v) is 6.73. The predicted molar refractivity (Wildman–Crippen MR) is 170 cm³/mol. The van der Waals surface area contributed by atoms with Crippen LogP contribution in [0.5, 0.6) is 0 Å². The normalized spacial score (nSPS) is 13.6. The quantitative estimate of drug-likeness (QED) is 0.0551. The fraction of sp³-hybridized carbons (Fsp3) is 0.714. The molecule has 0 fully saturated rings. The third-order valence-electron chi connectivity index (χ3n) is 6.73. The van der Waals surface area contributed by atoms with Gasteiger partial charge in [-0.05, 0) is 57.8 Å². The predicted octanol–water partition coefficient (Wildman–Crippen LogP) is 8.47.